The Morgan fingerprint density at radius 1 is 1.60 bits per heavy atom. The molecule has 2 nitrogen and oxygen atoms in total. The molecule has 0 spiro atoms. The molecule has 0 aliphatic heterocycles. The zero-order chi connectivity index (χ0) is 7.40. The van der Waals surface area contributed by atoms with Crippen LogP contribution in [0.5, 0.6) is 0 Å². The standard InChI is InChI=1S/C8H8N2/c1-3-7-5-9-6-8(4-2)10-7/h1,5-6H,4H2,2H3. The number of hydrogen-bond donors (Lipinski definition) is 0. The van der Waals surface area contributed by atoms with E-state index in [1.165, 1.54) is 0 Å². The Kier molecular flexibility index (Phi) is 2.01. The third-order valence-corrected chi connectivity index (χ3v) is 1.19. The lowest BCUT2D eigenvalue weighted by Gasteiger charge is -1.93. The van der Waals surface area contributed by atoms with Crippen molar-refractivity contribution in [2.75, 3.05) is 0 Å². The van der Waals surface area contributed by atoms with Gasteiger partial charge >= 0.3 is 0 Å². The van der Waals surface area contributed by atoms with E-state index in [2.05, 4.69) is 15.9 Å². The molecule has 0 aliphatic carbocycles. The molecule has 1 rings (SSSR count). The van der Waals surface area contributed by atoms with Gasteiger partial charge in [-0.2, -0.15) is 0 Å². The molecular formula is C8H8N2. The predicted octanol–water partition coefficient (Wildman–Crippen LogP) is 1.02. The van der Waals surface area contributed by atoms with Gasteiger partial charge in [-0.1, -0.05) is 6.92 Å². The van der Waals surface area contributed by atoms with E-state index in [1.807, 2.05) is 6.92 Å². The Bertz CT molecular complexity index is 260. The summed E-state index contributed by atoms with van der Waals surface area (Å²) in [6.45, 7) is 2.02. The lowest BCUT2D eigenvalue weighted by atomic mass is 10.3. The second-order valence-corrected chi connectivity index (χ2v) is 1.89. The molecule has 0 saturated heterocycles. The topological polar surface area (TPSA) is 25.8 Å². The maximum atomic E-state index is 5.12. The summed E-state index contributed by atoms with van der Waals surface area (Å²) in [5.41, 5.74) is 1.55. The largest absolute Gasteiger partial charge is 0.260 e. The fourth-order valence-electron chi connectivity index (χ4n) is 0.646. The van der Waals surface area contributed by atoms with Crippen LogP contribution < -0.4 is 0 Å². The van der Waals surface area contributed by atoms with E-state index in [0.717, 1.165) is 12.1 Å². The molecule has 0 radical (unpaired) electrons. The van der Waals surface area contributed by atoms with Crippen molar-refractivity contribution in [3.8, 4) is 12.3 Å². The van der Waals surface area contributed by atoms with Gasteiger partial charge in [-0.3, -0.25) is 4.98 Å². The van der Waals surface area contributed by atoms with Gasteiger partial charge in [-0.25, -0.2) is 4.98 Å². The van der Waals surface area contributed by atoms with Crippen molar-refractivity contribution < 1.29 is 0 Å². The van der Waals surface area contributed by atoms with Crippen molar-refractivity contribution in [3.05, 3.63) is 23.8 Å². The Hall–Kier alpha value is -1.36. The van der Waals surface area contributed by atoms with Crippen molar-refractivity contribution in [2.45, 2.75) is 13.3 Å². The number of aromatic nitrogens is 2. The first-order valence-electron chi connectivity index (χ1n) is 3.14. The van der Waals surface area contributed by atoms with Crippen molar-refractivity contribution in [1.29, 1.82) is 0 Å². The van der Waals surface area contributed by atoms with Crippen LogP contribution in [0.1, 0.15) is 18.3 Å². The molecular weight excluding hydrogens is 124 g/mol. The summed E-state index contributed by atoms with van der Waals surface area (Å²) in [7, 11) is 0. The first kappa shape index (κ1) is 6.76. The van der Waals surface area contributed by atoms with E-state index in [-0.39, 0.29) is 0 Å². The molecule has 0 bridgehead atoms. The van der Waals surface area contributed by atoms with Gasteiger partial charge in [0.05, 0.1) is 11.9 Å². The first-order chi connectivity index (χ1) is 4.86. The van der Waals surface area contributed by atoms with Gasteiger partial charge in [-0.15, -0.1) is 6.42 Å². The van der Waals surface area contributed by atoms with E-state index < -0.39 is 0 Å². The monoisotopic (exact) mass is 132 g/mol. The Morgan fingerprint density at radius 3 is 3.00 bits per heavy atom. The zero-order valence-electron chi connectivity index (χ0n) is 5.83. The average molecular weight is 132 g/mol. The fraction of sp³-hybridized carbons (Fsp3) is 0.250. The van der Waals surface area contributed by atoms with Crippen LogP contribution in [0.15, 0.2) is 12.4 Å². The van der Waals surface area contributed by atoms with E-state index in [0.29, 0.717) is 5.69 Å². The van der Waals surface area contributed by atoms with Crippen LogP contribution in [0, 0.1) is 12.3 Å². The third-order valence-electron chi connectivity index (χ3n) is 1.19. The second kappa shape index (κ2) is 2.98. The summed E-state index contributed by atoms with van der Waals surface area (Å²) >= 11 is 0. The predicted molar refractivity (Wildman–Crippen MR) is 39.3 cm³/mol. The number of rotatable bonds is 1. The Labute approximate surface area is 60.3 Å². The Balaban J connectivity index is 3.01. The van der Waals surface area contributed by atoms with Gasteiger partial charge in [0.1, 0.15) is 5.69 Å². The van der Waals surface area contributed by atoms with E-state index in [9.17, 15) is 0 Å². The molecule has 0 unspecified atom stereocenters. The minimum Gasteiger partial charge on any atom is -0.260 e. The number of aryl methyl sites for hydroxylation is 1. The molecule has 0 N–H and O–H groups in total. The summed E-state index contributed by atoms with van der Waals surface area (Å²) in [4.78, 5) is 8.03. The molecule has 10 heavy (non-hydrogen) atoms. The van der Waals surface area contributed by atoms with Gasteiger partial charge in [0.2, 0.25) is 0 Å². The zero-order valence-corrected chi connectivity index (χ0v) is 5.83. The lowest BCUT2D eigenvalue weighted by Crippen LogP contribution is -1.91. The molecule has 2 heteroatoms. The minimum absolute atomic E-state index is 0.611. The lowest BCUT2D eigenvalue weighted by molar-refractivity contribution is 0.989. The molecule has 0 aromatic carbocycles. The normalized spacial score (nSPS) is 8.80. The molecule has 0 saturated carbocycles. The van der Waals surface area contributed by atoms with Crippen molar-refractivity contribution in [1.82, 2.24) is 9.97 Å². The van der Waals surface area contributed by atoms with Gasteiger partial charge in [0.15, 0.2) is 0 Å². The summed E-state index contributed by atoms with van der Waals surface area (Å²) in [5.74, 6) is 2.43. The molecule has 0 aliphatic rings. The van der Waals surface area contributed by atoms with Crippen LogP contribution in [0.4, 0.5) is 0 Å². The number of terminal acetylenes is 1. The van der Waals surface area contributed by atoms with Gasteiger partial charge in [0.25, 0.3) is 0 Å². The highest BCUT2D eigenvalue weighted by Gasteiger charge is 1.91. The van der Waals surface area contributed by atoms with Crippen LogP contribution in [0.2, 0.25) is 0 Å². The fourth-order valence-corrected chi connectivity index (χ4v) is 0.646. The molecule has 1 aromatic rings. The number of hydrogen-bond acceptors (Lipinski definition) is 2. The van der Waals surface area contributed by atoms with Crippen molar-refractivity contribution in [3.63, 3.8) is 0 Å². The molecule has 0 amide bonds. The maximum absolute atomic E-state index is 5.12. The van der Waals surface area contributed by atoms with Crippen LogP contribution in [0.3, 0.4) is 0 Å². The first-order valence-corrected chi connectivity index (χ1v) is 3.14. The van der Waals surface area contributed by atoms with Crippen LogP contribution in [-0.4, -0.2) is 9.97 Å². The SMILES string of the molecule is C#Cc1cncc(CC)n1. The second-order valence-electron chi connectivity index (χ2n) is 1.89. The van der Waals surface area contributed by atoms with Crippen LogP contribution >= 0.6 is 0 Å². The Morgan fingerprint density at radius 2 is 2.40 bits per heavy atom. The minimum atomic E-state index is 0.611. The highest BCUT2D eigenvalue weighted by atomic mass is 14.8. The quantitative estimate of drug-likeness (QED) is 0.533. The molecule has 1 heterocycles. The summed E-state index contributed by atoms with van der Waals surface area (Å²) in [6.07, 6.45) is 9.30. The highest BCUT2D eigenvalue weighted by Crippen LogP contribution is 1.94. The van der Waals surface area contributed by atoms with Crippen molar-refractivity contribution >= 4 is 0 Å². The summed E-state index contributed by atoms with van der Waals surface area (Å²) in [5, 5.41) is 0. The number of nitrogens with zero attached hydrogens (tertiary/aromatic N) is 2. The molecule has 50 valence electrons. The third kappa shape index (κ3) is 1.32. The molecule has 0 atom stereocenters. The van der Waals surface area contributed by atoms with E-state index in [4.69, 9.17) is 6.42 Å². The smallest absolute Gasteiger partial charge is 0.131 e. The highest BCUT2D eigenvalue weighted by molar-refractivity contribution is 5.21. The summed E-state index contributed by atoms with van der Waals surface area (Å²) < 4.78 is 0. The van der Waals surface area contributed by atoms with Gasteiger partial charge < -0.3 is 0 Å². The van der Waals surface area contributed by atoms with Crippen LogP contribution in [0.25, 0.3) is 0 Å². The van der Waals surface area contributed by atoms with E-state index in [1.54, 1.807) is 12.4 Å². The summed E-state index contributed by atoms with van der Waals surface area (Å²) in [6, 6.07) is 0. The molecule has 0 fully saturated rings. The van der Waals surface area contributed by atoms with E-state index >= 15 is 0 Å². The maximum Gasteiger partial charge on any atom is 0.131 e. The van der Waals surface area contributed by atoms with Crippen LogP contribution in [-0.2, 0) is 6.42 Å². The van der Waals surface area contributed by atoms with Gasteiger partial charge in [-0.05, 0) is 12.3 Å². The average Bonchev–Trinajstić information content (AvgIpc) is 2.05. The molecule has 1 aromatic heterocycles. The van der Waals surface area contributed by atoms with Gasteiger partial charge in [0, 0.05) is 6.20 Å². The van der Waals surface area contributed by atoms with Crippen molar-refractivity contribution in [2.24, 2.45) is 0 Å².